The van der Waals surface area contributed by atoms with Gasteiger partial charge in [-0.3, -0.25) is 0 Å². The van der Waals surface area contributed by atoms with Gasteiger partial charge in [0.15, 0.2) is 6.29 Å². The van der Waals surface area contributed by atoms with Crippen LogP contribution in [0.5, 0.6) is 0 Å². The maximum Gasteiger partial charge on any atom is 0.330 e. The van der Waals surface area contributed by atoms with Crippen LogP contribution in [0.2, 0.25) is 0 Å². The van der Waals surface area contributed by atoms with Crippen molar-refractivity contribution in [1.29, 1.82) is 0 Å². The van der Waals surface area contributed by atoms with E-state index in [0.29, 0.717) is 12.0 Å². The lowest BCUT2D eigenvalue weighted by atomic mass is 9.78. The van der Waals surface area contributed by atoms with Crippen molar-refractivity contribution in [2.45, 2.75) is 38.9 Å². The van der Waals surface area contributed by atoms with Gasteiger partial charge in [-0.05, 0) is 19.3 Å². The van der Waals surface area contributed by atoms with E-state index in [4.69, 9.17) is 9.47 Å². The second kappa shape index (κ2) is 8.30. The minimum absolute atomic E-state index is 0.155. The Hall–Kier alpha value is -0.910. The van der Waals surface area contributed by atoms with E-state index in [-0.39, 0.29) is 6.61 Å². The number of carbonyl (C=O) groups is 1. The SMILES string of the molecule is C=CC(=O)OCC(O)OCCCCC1(CC)COC1. The predicted molar refractivity (Wildman–Crippen MR) is 70.5 cm³/mol. The first-order valence-electron chi connectivity index (χ1n) is 6.78. The first kappa shape index (κ1) is 16.1. The second-order valence-electron chi connectivity index (χ2n) is 4.96. The molecule has 0 aliphatic carbocycles. The summed E-state index contributed by atoms with van der Waals surface area (Å²) in [5, 5.41) is 9.40. The Morgan fingerprint density at radius 3 is 2.79 bits per heavy atom. The molecule has 19 heavy (non-hydrogen) atoms. The molecule has 5 heteroatoms. The molecule has 0 saturated carbocycles. The fraction of sp³-hybridized carbons (Fsp3) is 0.786. The third-order valence-electron chi connectivity index (χ3n) is 3.51. The van der Waals surface area contributed by atoms with Gasteiger partial charge in [0.2, 0.25) is 0 Å². The Labute approximate surface area is 114 Å². The van der Waals surface area contributed by atoms with Crippen LogP contribution in [0.4, 0.5) is 0 Å². The van der Waals surface area contributed by atoms with Crippen LogP contribution < -0.4 is 0 Å². The molecule has 0 aromatic heterocycles. The Kier molecular flexibility index (Phi) is 7.05. The highest BCUT2D eigenvalue weighted by molar-refractivity contribution is 5.81. The van der Waals surface area contributed by atoms with Crippen LogP contribution in [-0.2, 0) is 19.0 Å². The molecule has 1 atom stereocenters. The fourth-order valence-corrected chi connectivity index (χ4v) is 2.00. The highest BCUT2D eigenvalue weighted by atomic mass is 16.6. The van der Waals surface area contributed by atoms with Crippen LogP contribution in [0.25, 0.3) is 0 Å². The van der Waals surface area contributed by atoms with E-state index < -0.39 is 12.3 Å². The van der Waals surface area contributed by atoms with Gasteiger partial charge in [0, 0.05) is 18.1 Å². The molecule has 0 spiro atoms. The number of hydrogen-bond donors (Lipinski definition) is 1. The van der Waals surface area contributed by atoms with Crippen LogP contribution in [0.15, 0.2) is 12.7 Å². The Morgan fingerprint density at radius 1 is 1.53 bits per heavy atom. The van der Waals surface area contributed by atoms with E-state index in [1.165, 1.54) is 0 Å². The van der Waals surface area contributed by atoms with Crippen LogP contribution >= 0.6 is 0 Å². The highest BCUT2D eigenvalue weighted by Gasteiger charge is 2.35. The molecule has 1 aliphatic heterocycles. The fourth-order valence-electron chi connectivity index (χ4n) is 2.00. The molecule has 1 heterocycles. The van der Waals surface area contributed by atoms with Gasteiger partial charge in [0.1, 0.15) is 6.61 Å². The van der Waals surface area contributed by atoms with Crippen LogP contribution in [0.1, 0.15) is 32.6 Å². The lowest BCUT2D eigenvalue weighted by Gasteiger charge is -2.41. The molecule has 0 amide bonds. The average molecular weight is 272 g/mol. The number of ether oxygens (including phenoxy) is 3. The number of rotatable bonds is 10. The molecule has 0 aromatic carbocycles. The molecule has 110 valence electrons. The van der Waals surface area contributed by atoms with Crippen molar-refractivity contribution in [2.75, 3.05) is 26.4 Å². The summed E-state index contributed by atoms with van der Waals surface area (Å²) in [6.45, 7) is 7.50. The van der Waals surface area contributed by atoms with Gasteiger partial charge in [-0.25, -0.2) is 4.79 Å². The Morgan fingerprint density at radius 2 is 2.26 bits per heavy atom. The molecule has 0 radical (unpaired) electrons. The summed E-state index contributed by atoms with van der Waals surface area (Å²) in [7, 11) is 0. The first-order valence-corrected chi connectivity index (χ1v) is 6.78. The zero-order chi connectivity index (χ0) is 14.1. The molecule has 1 aliphatic rings. The summed E-state index contributed by atoms with van der Waals surface area (Å²) in [4.78, 5) is 10.8. The maximum absolute atomic E-state index is 10.8. The van der Waals surface area contributed by atoms with Crippen molar-refractivity contribution < 1.29 is 24.1 Å². The largest absolute Gasteiger partial charge is 0.457 e. The molecule has 0 aromatic rings. The van der Waals surface area contributed by atoms with Gasteiger partial charge in [0.25, 0.3) is 0 Å². The second-order valence-corrected chi connectivity index (χ2v) is 4.96. The van der Waals surface area contributed by atoms with Gasteiger partial charge in [0.05, 0.1) is 13.2 Å². The van der Waals surface area contributed by atoms with Gasteiger partial charge in [-0.1, -0.05) is 19.9 Å². The van der Waals surface area contributed by atoms with Crippen molar-refractivity contribution in [1.82, 2.24) is 0 Å². The van der Waals surface area contributed by atoms with E-state index in [1.807, 2.05) is 0 Å². The summed E-state index contributed by atoms with van der Waals surface area (Å²) in [5.74, 6) is -0.558. The van der Waals surface area contributed by atoms with Crippen molar-refractivity contribution >= 4 is 5.97 Å². The Balaban J connectivity index is 1.98. The maximum atomic E-state index is 10.8. The number of carbonyl (C=O) groups excluding carboxylic acids is 1. The molecule has 1 N–H and O–H groups in total. The molecule has 1 fully saturated rings. The summed E-state index contributed by atoms with van der Waals surface area (Å²) in [5.41, 5.74) is 0.373. The van der Waals surface area contributed by atoms with Crippen molar-refractivity contribution in [2.24, 2.45) is 5.41 Å². The molecule has 1 rings (SSSR count). The minimum atomic E-state index is -1.06. The average Bonchev–Trinajstić information content (AvgIpc) is 2.38. The summed E-state index contributed by atoms with van der Waals surface area (Å²) < 4.78 is 15.1. The third-order valence-corrected chi connectivity index (χ3v) is 3.51. The van der Waals surface area contributed by atoms with Crippen molar-refractivity contribution in [3.05, 3.63) is 12.7 Å². The smallest absolute Gasteiger partial charge is 0.330 e. The molecular weight excluding hydrogens is 248 g/mol. The van der Waals surface area contributed by atoms with Crippen molar-refractivity contribution in [3.63, 3.8) is 0 Å². The van der Waals surface area contributed by atoms with Gasteiger partial charge in [-0.2, -0.15) is 0 Å². The van der Waals surface area contributed by atoms with Gasteiger partial charge >= 0.3 is 5.97 Å². The first-order chi connectivity index (χ1) is 9.12. The number of aliphatic hydroxyl groups is 1. The van der Waals surface area contributed by atoms with Gasteiger partial charge < -0.3 is 19.3 Å². The van der Waals surface area contributed by atoms with Crippen LogP contribution in [-0.4, -0.2) is 43.8 Å². The van der Waals surface area contributed by atoms with Crippen LogP contribution in [0, 0.1) is 5.41 Å². The highest BCUT2D eigenvalue weighted by Crippen LogP contribution is 2.36. The van der Waals surface area contributed by atoms with E-state index in [0.717, 1.165) is 45.0 Å². The lowest BCUT2D eigenvalue weighted by molar-refractivity contribution is -0.161. The molecule has 5 nitrogen and oxygen atoms in total. The van der Waals surface area contributed by atoms with E-state index >= 15 is 0 Å². The van der Waals surface area contributed by atoms with Gasteiger partial charge in [-0.15, -0.1) is 0 Å². The monoisotopic (exact) mass is 272 g/mol. The number of hydrogen-bond acceptors (Lipinski definition) is 5. The summed E-state index contributed by atoms with van der Waals surface area (Å²) in [6, 6.07) is 0. The molecular formula is C14H24O5. The summed E-state index contributed by atoms with van der Waals surface area (Å²) >= 11 is 0. The van der Waals surface area contributed by atoms with Crippen LogP contribution in [0.3, 0.4) is 0 Å². The third kappa shape index (κ3) is 5.72. The number of aliphatic hydroxyl groups excluding tert-OH is 1. The van der Waals surface area contributed by atoms with E-state index in [1.54, 1.807) is 0 Å². The lowest BCUT2D eigenvalue weighted by Crippen LogP contribution is -2.41. The zero-order valence-corrected chi connectivity index (χ0v) is 11.6. The standard InChI is InChI=1S/C14H24O5/c1-3-12(15)19-9-13(16)18-8-6-5-7-14(4-2)10-17-11-14/h3,13,16H,1,4-11H2,2H3. The molecule has 1 saturated heterocycles. The van der Waals surface area contributed by atoms with E-state index in [2.05, 4.69) is 18.2 Å². The topological polar surface area (TPSA) is 65.0 Å². The molecule has 0 bridgehead atoms. The minimum Gasteiger partial charge on any atom is -0.457 e. The number of unbranched alkanes of at least 4 members (excludes halogenated alkanes) is 1. The zero-order valence-electron chi connectivity index (χ0n) is 11.6. The summed E-state index contributed by atoms with van der Waals surface area (Å²) in [6.07, 6.45) is 4.21. The Bertz CT molecular complexity index is 280. The molecule has 1 unspecified atom stereocenters. The van der Waals surface area contributed by atoms with E-state index in [9.17, 15) is 9.90 Å². The van der Waals surface area contributed by atoms with Crippen molar-refractivity contribution in [3.8, 4) is 0 Å². The quantitative estimate of drug-likeness (QED) is 0.283. The normalized spacial score (nSPS) is 18.4. The predicted octanol–water partition coefficient (Wildman–Crippen LogP) is 1.65. The number of esters is 1.